The topological polar surface area (TPSA) is 4.93 Å². The Bertz CT molecular complexity index is 823. The summed E-state index contributed by atoms with van der Waals surface area (Å²) in [6, 6.07) is 13.1. The number of nitrogens with zero attached hydrogens (tertiary/aromatic N) is 1. The molecule has 1 heterocycles. The Morgan fingerprint density at radius 2 is 1.87 bits per heavy atom. The second kappa shape index (κ2) is 7.06. The lowest BCUT2D eigenvalue weighted by Crippen LogP contribution is -2.05. The van der Waals surface area contributed by atoms with Crippen molar-refractivity contribution in [2.45, 2.75) is 32.7 Å². The molecule has 0 N–H and O–H groups in total. The fraction of sp³-hybridized carbons (Fsp3) is 0.263. The molecule has 3 rings (SSSR count). The van der Waals surface area contributed by atoms with Gasteiger partial charge in [0.1, 0.15) is 5.82 Å². The highest BCUT2D eigenvalue weighted by Crippen LogP contribution is 2.30. The van der Waals surface area contributed by atoms with Gasteiger partial charge in [-0.15, -0.1) is 0 Å². The number of hydrogen-bond acceptors (Lipinski definition) is 0. The Kier molecular flexibility index (Phi) is 5.08. The van der Waals surface area contributed by atoms with Crippen molar-refractivity contribution < 1.29 is 4.39 Å². The van der Waals surface area contributed by atoms with Gasteiger partial charge in [0, 0.05) is 27.1 Å². The summed E-state index contributed by atoms with van der Waals surface area (Å²) in [6.45, 7) is 2.94. The first-order chi connectivity index (χ1) is 11.1. The lowest BCUT2D eigenvalue weighted by Gasteiger charge is -2.12. The van der Waals surface area contributed by atoms with Gasteiger partial charge in [0.2, 0.25) is 0 Å². The van der Waals surface area contributed by atoms with Gasteiger partial charge in [-0.2, -0.15) is 0 Å². The Labute approximate surface area is 149 Å². The molecule has 0 unspecified atom stereocenters. The average molecular weight is 395 g/mol. The average Bonchev–Trinajstić information content (AvgIpc) is 2.85. The Morgan fingerprint density at radius 1 is 1.13 bits per heavy atom. The van der Waals surface area contributed by atoms with Crippen LogP contribution in [0.5, 0.6) is 0 Å². The lowest BCUT2D eigenvalue weighted by atomic mass is 10.2. The molecule has 1 aromatic heterocycles. The molecule has 1 nitrogen and oxygen atoms in total. The molecule has 120 valence electrons. The Balaban J connectivity index is 2.09. The quantitative estimate of drug-likeness (QED) is 0.460. The van der Waals surface area contributed by atoms with Gasteiger partial charge in [0.25, 0.3) is 0 Å². The van der Waals surface area contributed by atoms with E-state index in [0.29, 0.717) is 0 Å². The maximum Gasteiger partial charge on any atom is 0.125 e. The van der Waals surface area contributed by atoms with Crippen LogP contribution in [-0.4, -0.2) is 4.57 Å². The molecule has 0 aliphatic rings. The zero-order valence-electron chi connectivity index (χ0n) is 13.0. The molecule has 0 aliphatic carbocycles. The van der Waals surface area contributed by atoms with Crippen LogP contribution in [0.1, 0.15) is 31.0 Å². The van der Waals surface area contributed by atoms with Crippen molar-refractivity contribution in [2.24, 2.45) is 0 Å². The second-order valence-electron chi connectivity index (χ2n) is 5.78. The van der Waals surface area contributed by atoms with Gasteiger partial charge >= 0.3 is 0 Å². The third-order valence-corrected chi connectivity index (χ3v) is 4.89. The standard InChI is InChI=1S/C19H18BrClFN/c1-2-3-4-17-10-14-9-16(22)11-18(20)19(14)23(17)12-13-5-7-15(21)8-6-13/h5-11H,2-4,12H2,1H3. The third-order valence-electron chi connectivity index (χ3n) is 4.04. The van der Waals surface area contributed by atoms with Gasteiger partial charge in [0.15, 0.2) is 0 Å². The van der Waals surface area contributed by atoms with E-state index in [1.54, 1.807) is 6.07 Å². The Morgan fingerprint density at radius 3 is 2.57 bits per heavy atom. The number of rotatable bonds is 5. The molecular weight excluding hydrogens is 377 g/mol. The van der Waals surface area contributed by atoms with Crippen LogP contribution in [0.3, 0.4) is 0 Å². The van der Waals surface area contributed by atoms with Crippen LogP contribution in [0.4, 0.5) is 4.39 Å². The smallest absolute Gasteiger partial charge is 0.125 e. The zero-order valence-corrected chi connectivity index (χ0v) is 15.3. The number of hydrogen-bond donors (Lipinski definition) is 0. The van der Waals surface area contributed by atoms with Gasteiger partial charge in [-0.25, -0.2) is 4.39 Å². The molecule has 0 saturated heterocycles. The van der Waals surface area contributed by atoms with Crippen LogP contribution >= 0.6 is 27.5 Å². The van der Waals surface area contributed by atoms with Crippen LogP contribution in [-0.2, 0) is 13.0 Å². The first kappa shape index (κ1) is 16.5. The normalized spacial score (nSPS) is 11.3. The fourth-order valence-corrected chi connectivity index (χ4v) is 3.69. The van der Waals surface area contributed by atoms with Crippen LogP contribution in [0.2, 0.25) is 5.02 Å². The minimum Gasteiger partial charge on any atom is -0.339 e. The highest BCUT2D eigenvalue weighted by molar-refractivity contribution is 9.10. The van der Waals surface area contributed by atoms with E-state index in [4.69, 9.17) is 11.6 Å². The predicted octanol–water partition coefficient (Wildman–Crippen LogP) is 6.59. The molecule has 2 aromatic carbocycles. The van der Waals surface area contributed by atoms with Crippen molar-refractivity contribution in [1.29, 1.82) is 0 Å². The molecule has 0 fully saturated rings. The van der Waals surface area contributed by atoms with E-state index in [1.807, 2.05) is 24.3 Å². The third kappa shape index (κ3) is 3.61. The molecule has 23 heavy (non-hydrogen) atoms. The summed E-state index contributed by atoms with van der Waals surface area (Å²) in [5, 5.41) is 1.68. The summed E-state index contributed by atoms with van der Waals surface area (Å²) in [7, 11) is 0. The van der Waals surface area contributed by atoms with Gasteiger partial charge in [-0.1, -0.05) is 37.1 Å². The number of aryl methyl sites for hydroxylation is 1. The largest absolute Gasteiger partial charge is 0.339 e. The summed E-state index contributed by atoms with van der Waals surface area (Å²) in [6.07, 6.45) is 3.25. The zero-order chi connectivity index (χ0) is 16.4. The number of benzene rings is 2. The SMILES string of the molecule is CCCCc1cc2cc(F)cc(Br)c2n1Cc1ccc(Cl)cc1. The van der Waals surface area contributed by atoms with E-state index in [0.717, 1.165) is 46.2 Å². The molecular formula is C19H18BrClFN. The van der Waals surface area contributed by atoms with Crippen molar-refractivity contribution in [1.82, 2.24) is 4.57 Å². The maximum absolute atomic E-state index is 13.7. The Hall–Kier alpha value is -1.32. The maximum atomic E-state index is 13.7. The first-order valence-electron chi connectivity index (χ1n) is 7.80. The van der Waals surface area contributed by atoms with Crippen LogP contribution < -0.4 is 0 Å². The highest BCUT2D eigenvalue weighted by Gasteiger charge is 2.13. The minimum atomic E-state index is -0.213. The van der Waals surface area contributed by atoms with Crippen molar-refractivity contribution in [3.63, 3.8) is 0 Å². The molecule has 0 bridgehead atoms. The van der Waals surface area contributed by atoms with E-state index in [9.17, 15) is 4.39 Å². The monoisotopic (exact) mass is 393 g/mol. The minimum absolute atomic E-state index is 0.213. The number of fused-ring (bicyclic) bond motifs is 1. The highest BCUT2D eigenvalue weighted by atomic mass is 79.9. The number of unbranched alkanes of at least 4 members (excludes halogenated alkanes) is 1. The van der Waals surface area contributed by atoms with E-state index in [-0.39, 0.29) is 5.82 Å². The van der Waals surface area contributed by atoms with Crippen LogP contribution in [0.25, 0.3) is 10.9 Å². The van der Waals surface area contributed by atoms with Crippen molar-refractivity contribution in [2.75, 3.05) is 0 Å². The van der Waals surface area contributed by atoms with Gasteiger partial charge in [-0.3, -0.25) is 0 Å². The van der Waals surface area contributed by atoms with Crippen molar-refractivity contribution in [3.8, 4) is 0 Å². The first-order valence-corrected chi connectivity index (χ1v) is 8.97. The molecule has 0 spiro atoms. The molecule has 3 aromatic rings. The molecule has 0 atom stereocenters. The number of halogens is 3. The molecule has 0 aliphatic heterocycles. The second-order valence-corrected chi connectivity index (χ2v) is 7.07. The summed E-state index contributed by atoms with van der Waals surface area (Å²) in [5.74, 6) is -0.213. The van der Waals surface area contributed by atoms with Crippen molar-refractivity contribution in [3.05, 3.63) is 69.0 Å². The predicted molar refractivity (Wildman–Crippen MR) is 98.8 cm³/mol. The van der Waals surface area contributed by atoms with E-state index in [2.05, 4.69) is 33.5 Å². The summed E-state index contributed by atoms with van der Waals surface area (Å²) in [4.78, 5) is 0. The fourth-order valence-electron chi connectivity index (χ4n) is 2.90. The van der Waals surface area contributed by atoms with Crippen molar-refractivity contribution >= 4 is 38.4 Å². The summed E-state index contributed by atoms with van der Waals surface area (Å²) >= 11 is 9.50. The molecule has 4 heteroatoms. The van der Waals surface area contributed by atoms with Gasteiger partial charge in [-0.05, 0) is 64.7 Å². The lowest BCUT2D eigenvalue weighted by molar-refractivity contribution is 0.628. The summed E-state index contributed by atoms with van der Waals surface area (Å²) < 4.78 is 16.8. The molecule has 0 saturated carbocycles. The van der Waals surface area contributed by atoms with E-state index >= 15 is 0 Å². The molecule has 0 amide bonds. The van der Waals surface area contributed by atoms with Gasteiger partial charge in [0.05, 0.1) is 5.52 Å². The van der Waals surface area contributed by atoms with Crippen LogP contribution in [0.15, 0.2) is 46.9 Å². The van der Waals surface area contributed by atoms with E-state index in [1.165, 1.54) is 17.3 Å². The number of aromatic nitrogens is 1. The molecule has 0 radical (unpaired) electrons. The van der Waals surface area contributed by atoms with Gasteiger partial charge < -0.3 is 4.57 Å². The van der Waals surface area contributed by atoms with E-state index < -0.39 is 0 Å². The summed E-state index contributed by atoms with van der Waals surface area (Å²) in [5.41, 5.74) is 3.47. The van der Waals surface area contributed by atoms with Crippen LogP contribution in [0, 0.1) is 5.82 Å².